The molecule has 146 valence electrons. The number of rotatable bonds is 3. The van der Waals surface area contributed by atoms with E-state index >= 15 is 0 Å². The van der Waals surface area contributed by atoms with Gasteiger partial charge in [-0.15, -0.1) is 0 Å². The van der Waals surface area contributed by atoms with Gasteiger partial charge in [-0.25, -0.2) is 0 Å². The number of halogens is 4. The van der Waals surface area contributed by atoms with Gasteiger partial charge in [0, 0.05) is 10.7 Å². The molecule has 0 atom stereocenters. The first-order valence-electron chi connectivity index (χ1n) is 8.85. The van der Waals surface area contributed by atoms with Crippen LogP contribution in [0.1, 0.15) is 5.56 Å². The Balaban J connectivity index is 2.01. The fourth-order valence-corrected chi connectivity index (χ4v) is 3.46. The molecule has 4 aromatic rings. The molecule has 0 spiro atoms. The summed E-state index contributed by atoms with van der Waals surface area (Å²) in [7, 11) is 0. The molecule has 0 fully saturated rings. The molecule has 0 aliphatic heterocycles. The van der Waals surface area contributed by atoms with E-state index < -0.39 is 11.7 Å². The summed E-state index contributed by atoms with van der Waals surface area (Å²) in [6.45, 7) is 0. The fraction of sp³-hybridized carbons (Fsp3) is 0.0435. The number of hydrogen-bond donors (Lipinski definition) is 1. The van der Waals surface area contributed by atoms with Gasteiger partial charge in [0.25, 0.3) is 0 Å². The number of benzene rings is 3. The number of aromatic nitrogens is 1. The van der Waals surface area contributed by atoms with E-state index in [0.29, 0.717) is 22.1 Å². The Hall–Kier alpha value is -3.18. The summed E-state index contributed by atoms with van der Waals surface area (Å²) >= 11 is 5.99. The molecule has 29 heavy (non-hydrogen) atoms. The maximum atomic E-state index is 13.8. The number of para-hydroxylation sites is 1. The van der Waals surface area contributed by atoms with E-state index in [9.17, 15) is 13.2 Å². The lowest BCUT2D eigenvalue weighted by Crippen LogP contribution is -2.12. The Labute approximate surface area is 171 Å². The number of nitrogen functional groups attached to an aromatic ring is 1. The largest absolute Gasteiger partial charge is 0.418 e. The Morgan fingerprint density at radius 2 is 1.21 bits per heavy atom. The van der Waals surface area contributed by atoms with E-state index in [1.807, 2.05) is 12.1 Å². The van der Waals surface area contributed by atoms with E-state index in [1.54, 1.807) is 59.2 Å². The normalized spacial score (nSPS) is 11.6. The van der Waals surface area contributed by atoms with Crippen LogP contribution in [-0.4, -0.2) is 4.57 Å². The first kappa shape index (κ1) is 19.2. The molecule has 2 N–H and O–H groups in total. The number of anilines is 1. The Kier molecular flexibility index (Phi) is 4.84. The van der Waals surface area contributed by atoms with Crippen molar-refractivity contribution in [1.29, 1.82) is 0 Å². The highest BCUT2D eigenvalue weighted by Crippen LogP contribution is 2.39. The summed E-state index contributed by atoms with van der Waals surface area (Å²) in [6, 6.07) is 23.2. The van der Waals surface area contributed by atoms with E-state index in [0.717, 1.165) is 17.2 Å². The van der Waals surface area contributed by atoms with Crippen LogP contribution in [-0.2, 0) is 6.18 Å². The predicted octanol–water partition coefficient (Wildman–Crippen LogP) is 7.07. The van der Waals surface area contributed by atoms with Crippen molar-refractivity contribution in [2.75, 3.05) is 5.73 Å². The summed E-state index contributed by atoms with van der Waals surface area (Å²) in [5.74, 6) is 0. The lowest BCUT2D eigenvalue weighted by atomic mass is 10.1. The van der Waals surface area contributed by atoms with Crippen molar-refractivity contribution >= 4 is 17.3 Å². The van der Waals surface area contributed by atoms with Crippen molar-refractivity contribution in [3.63, 3.8) is 0 Å². The molecule has 0 saturated heterocycles. The molecular weight excluding hydrogens is 397 g/mol. The van der Waals surface area contributed by atoms with E-state index in [4.69, 9.17) is 17.3 Å². The molecule has 0 unspecified atom stereocenters. The average Bonchev–Trinajstić information content (AvgIpc) is 3.13. The zero-order valence-corrected chi connectivity index (χ0v) is 15.9. The molecule has 0 bridgehead atoms. The second-order valence-corrected chi connectivity index (χ2v) is 7.02. The summed E-state index contributed by atoms with van der Waals surface area (Å²) in [6.07, 6.45) is -4.49. The standard InChI is InChI=1S/C23H16ClF3N2/c24-17-9-5-15(6-10-17)20-13-14-21(16-7-11-18(28)12-8-16)29(20)22-4-2-1-3-19(22)23(25,26)27/h1-14H,28H2. The van der Waals surface area contributed by atoms with Gasteiger partial charge >= 0.3 is 6.18 Å². The Morgan fingerprint density at radius 1 is 0.690 bits per heavy atom. The van der Waals surface area contributed by atoms with Gasteiger partial charge in [0.2, 0.25) is 0 Å². The number of nitrogens with zero attached hydrogens (tertiary/aromatic N) is 1. The molecule has 0 aliphatic carbocycles. The van der Waals surface area contributed by atoms with Gasteiger partial charge < -0.3 is 10.3 Å². The first-order valence-corrected chi connectivity index (χ1v) is 9.22. The highest BCUT2D eigenvalue weighted by Gasteiger charge is 2.34. The topological polar surface area (TPSA) is 30.9 Å². The summed E-state index contributed by atoms with van der Waals surface area (Å²) in [4.78, 5) is 0. The molecule has 1 heterocycles. The maximum Gasteiger partial charge on any atom is 0.418 e. The smallest absolute Gasteiger partial charge is 0.399 e. The van der Waals surface area contributed by atoms with Crippen LogP contribution in [0.2, 0.25) is 5.02 Å². The van der Waals surface area contributed by atoms with E-state index in [2.05, 4.69) is 0 Å². The molecule has 0 amide bonds. The van der Waals surface area contributed by atoms with Gasteiger partial charge in [-0.2, -0.15) is 13.2 Å². The van der Waals surface area contributed by atoms with E-state index in [1.165, 1.54) is 12.1 Å². The van der Waals surface area contributed by atoms with Gasteiger partial charge in [-0.1, -0.05) is 48.0 Å². The summed E-state index contributed by atoms with van der Waals surface area (Å²) in [5, 5.41) is 0.557. The number of hydrogen-bond acceptors (Lipinski definition) is 1. The molecular formula is C23H16ClF3N2. The fourth-order valence-electron chi connectivity index (χ4n) is 3.33. The molecule has 1 aromatic heterocycles. The van der Waals surface area contributed by atoms with Crippen LogP contribution in [0.15, 0.2) is 84.9 Å². The van der Waals surface area contributed by atoms with Crippen LogP contribution in [0.25, 0.3) is 28.2 Å². The van der Waals surface area contributed by atoms with Gasteiger partial charge in [-0.05, 0) is 59.7 Å². The third-order valence-corrected chi connectivity index (χ3v) is 4.93. The molecule has 6 heteroatoms. The van der Waals surface area contributed by atoms with Crippen molar-refractivity contribution in [1.82, 2.24) is 4.57 Å². The zero-order chi connectivity index (χ0) is 20.6. The highest BCUT2D eigenvalue weighted by molar-refractivity contribution is 6.30. The van der Waals surface area contributed by atoms with Gasteiger partial charge in [0.15, 0.2) is 0 Å². The minimum Gasteiger partial charge on any atom is -0.399 e. The van der Waals surface area contributed by atoms with Crippen LogP contribution >= 0.6 is 11.6 Å². The molecule has 3 aromatic carbocycles. The van der Waals surface area contributed by atoms with Crippen molar-refractivity contribution in [3.8, 4) is 28.2 Å². The van der Waals surface area contributed by atoms with Crippen LogP contribution in [0.4, 0.5) is 18.9 Å². The van der Waals surface area contributed by atoms with Crippen LogP contribution in [0, 0.1) is 0 Å². The highest BCUT2D eigenvalue weighted by atomic mass is 35.5. The third-order valence-electron chi connectivity index (χ3n) is 4.68. The van der Waals surface area contributed by atoms with E-state index in [-0.39, 0.29) is 5.69 Å². The first-order chi connectivity index (χ1) is 13.8. The second-order valence-electron chi connectivity index (χ2n) is 6.58. The van der Waals surface area contributed by atoms with Crippen LogP contribution < -0.4 is 5.73 Å². The maximum absolute atomic E-state index is 13.8. The van der Waals surface area contributed by atoms with Crippen LogP contribution in [0.3, 0.4) is 0 Å². The molecule has 0 aliphatic rings. The second kappa shape index (κ2) is 7.33. The third kappa shape index (κ3) is 3.74. The molecule has 2 nitrogen and oxygen atoms in total. The lowest BCUT2D eigenvalue weighted by Gasteiger charge is -2.19. The molecule has 0 saturated carbocycles. The molecule has 4 rings (SSSR count). The van der Waals surface area contributed by atoms with Gasteiger partial charge in [0.1, 0.15) is 0 Å². The zero-order valence-electron chi connectivity index (χ0n) is 15.1. The quantitative estimate of drug-likeness (QED) is 0.358. The number of nitrogens with two attached hydrogens (primary N) is 1. The Morgan fingerprint density at radius 3 is 1.76 bits per heavy atom. The van der Waals surface area contributed by atoms with Crippen molar-refractivity contribution < 1.29 is 13.2 Å². The average molecular weight is 413 g/mol. The van der Waals surface area contributed by atoms with Gasteiger partial charge in [-0.3, -0.25) is 0 Å². The Bertz CT molecular complexity index is 1080. The summed E-state index contributed by atoms with van der Waals surface area (Å²) in [5.41, 5.74) is 8.49. The predicted molar refractivity (Wildman–Crippen MR) is 111 cm³/mol. The van der Waals surface area contributed by atoms with Crippen molar-refractivity contribution in [3.05, 3.63) is 95.5 Å². The summed E-state index contributed by atoms with van der Waals surface area (Å²) < 4.78 is 42.9. The van der Waals surface area contributed by atoms with Crippen molar-refractivity contribution in [2.24, 2.45) is 0 Å². The van der Waals surface area contributed by atoms with Gasteiger partial charge in [0.05, 0.1) is 22.6 Å². The molecule has 0 radical (unpaired) electrons. The minimum absolute atomic E-state index is 0.0572. The number of alkyl halides is 3. The lowest BCUT2D eigenvalue weighted by molar-refractivity contribution is -0.137. The van der Waals surface area contributed by atoms with Crippen molar-refractivity contribution in [2.45, 2.75) is 6.18 Å². The SMILES string of the molecule is Nc1ccc(-c2ccc(-c3ccc(Cl)cc3)n2-c2ccccc2C(F)(F)F)cc1. The van der Waals surface area contributed by atoms with Crippen LogP contribution in [0.5, 0.6) is 0 Å². The monoisotopic (exact) mass is 412 g/mol. The minimum atomic E-state index is -4.49.